The third-order valence-electron chi connectivity index (χ3n) is 4.17. The zero-order valence-electron chi connectivity index (χ0n) is 13.0. The molecule has 2 amide bonds. The van der Waals surface area contributed by atoms with E-state index in [9.17, 15) is 9.59 Å². The molecule has 0 fully saturated rings. The van der Waals surface area contributed by atoms with Gasteiger partial charge in [0.05, 0.1) is 12.3 Å². The highest BCUT2D eigenvalue weighted by atomic mass is 16.3. The molecule has 1 aliphatic rings. The lowest BCUT2D eigenvalue weighted by Gasteiger charge is -2.27. The zero-order chi connectivity index (χ0) is 16.2. The van der Waals surface area contributed by atoms with E-state index in [0.717, 1.165) is 19.3 Å². The molecule has 0 bridgehead atoms. The molecular formula is C18H20N2O3. The summed E-state index contributed by atoms with van der Waals surface area (Å²) in [7, 11) is 0. The quantitative estimate of drug-likeness (QED) is 0.911. The maximum Gasteiger partial charge on any atom is 0.287 e. The van der Waals surface area contributed by atoms with Crippen molar-refractivity contribution in [3.05, 3.63) is 59.5 Å². The van der Waals surface area contributed by atoms with Crippen molar-refractivity contribution in [2.75, 3.05) is 0 Å². The van der Waals surface area contributed by atoms with Gasteiger partial charge in [-0.25, -0.2) is 0 Å². The second-order valence-electron chi connectivity index (χ2n) is 5.82. The third-order valence-corrected chi connectivity index (χ3v) is 4.17. The summed E-state index contributed by atoms with van der Waals surface area (Å²) in [5.74, 6) is -0.374. The average molecular weight is 312 g/mol. The number of nitrogens with one attached hydrogen (secondary N) is 2. The first kappa shape index (κ1) is 15.3. The number of furan rings is 1. The molecule has 1 heterocycles. The van der Waals surface area contributed by atoms with Gasteiger partial charge in [0.15, 0.2) is 5.76 Å². The molecule has 0 aliphatic heterocycles. The fraction of sp³-hybridized carbons (Fsp3) is 0.333. The molecule has 2 N–H and O–H groups in total. The van der Waals surface area contributed by atoms with E-state index in [1.807, 2.05) is 12.1 Å². The first-order chi connectivity index (χ1) is 11.1. The standard InChI is InChI=1S/C18H20N2O3/c1-12(19-18(22)16-10-5-11-23-16)17(21)20-15-9-4-7-13-6-2-3-8-14(13)15/h2-3,5-6,8,10-12,15H,4,7,9H2,1H3,(H,19,22)(H,20,21)/t12-,15?/m0/s1. The normalized spacial score (nSPS) is 17.9. The molecule has 5 heteroatoms. The summed E-state index contributed by atoms with van der Waals surface area (Å²) in [4.78, 5) is 24.3. The van der Waals surface area contributed by atoms with E-state index in [1.54, 1.807) is 19.1 Å². The first-order valence-electron chi connectivity index (χ1n) is 7.87. The minimum absolute atomic E-state index is 0.00964. The van der Waals surface area contributed by atoms with Crippen LogP contribution in [-0.2, 0) is 11.2 Å². The molecule has 2 aromatic rings. The zero-order valence-corrected chi connectivity index (χ0v) is 13.0. The Morgan fingerprint density at radius 2 is 2.04 bits per heavy atom. The predicted octanol–water partition coefficient (Wildman–Crippen LogP) is 2.59. The Morgan fingerprint density at radius 3 is 2.83 bits per heavy atom. The lowest BCUT2D eigenvalue weighted by molar-refractivity contribution is -0.123. The van der Waals surface area contributed by atoms with Gasteiger partial charge in [-0.3, -0.25) is 9.59 Å². The van der Waals surface area contributed by atoms with Crippen LogP contribution >= 0.6 is 0 Å². The number of carbonyl (C=O) groups is 2. The van der Waals surface area contributed by atoms with Crippen LogP contribution in [0.5, 0.6) is 0 Å². The van der Waals surface area contributed by atoms with E-state index >= 15 is 0 Å². The van der Waals surface area contributed by atoms with Crippen molar-refractivity contribution in [2.24, 2.45) is 0 Å². The summed E-state index contributed by atoms with van der Waals surface area (Å²) < 4.78 is 5.03. The van der Waals surface area contributed by atoms with Crippen molar-refractivity contribution in [3.8, 4) is 0 Å². The van der Waals surface area contributed by atoms with Crippen molar-refractivity contribution in [3.63, 3.8) is 0 Å². The Labute approximate surface area is 135 Å². The number of hydrogen-bond donors (Lipinski definition) is 2. The van der Waals surface area contributed by atoms with E-state index < -0.39 is 6.04 Å². The smallest absolute Gasteiger partial charge is 0.287 e. The van der Waals surface area contributed by atoms with Gasteiger partial charge in [0.1, 0.15) is 6.04 Å². The number of fused-ring (bicyclic) bond motifs is 1. The molecule has 1 aromatic carbocycles. The highest BCUT2D eigenvalue weighted by Crippen LogP contribution is 2.29. The van der Waals surface area contributed by atoms with Crippen molar-refractivity contribution in [1.29, 1.82) is 0 Å². The summed E-state index contributed by atoms with van der Waals surface area (Å²) in [6.07, 6.45) is 4.45. The maximum atomic E-state index is 12.4. The molecule has 1 aliphatic carbocycles. The van der Waals surface area contributed by atoms with Gasteiger partial charge in [-0.15, -0.1) is 0 Å². The average Bonchev–Trinajstić information content (AvgIpc) is 3.09. The van der Waals surface area contributed by atoms with E-state index in [-0.39, 0.29) is 23.6 Å². The highest BCUT2D eigenvalue weighted by Gasteiger charge is 2.24. The lowest BCUT2D eigenvalue weighted by atomic mass is 9.87. The van der Waals surface area contributed by atoms with E-state index in [2.05, 4.69) is 22.8 Å². The van der Waals surface area contributed by atoms with Crippen LogP contribution in [0.2, 0.25) is 0 Å². The Kier molecular flexibility index (Phi) is 4.46. The Morgan fingerprint density at radius 1 is 1.22 bits per heavy atom. The van der Waals surface area contributed by atoms with Gasteiger partial charge >= 0.3 is 0 Å². The molecule has 23 heavy (non-hydrogen) atoms. The monoisotopic (exact) mass is 312 g/mol. The number of benzene rings is 1. The van der Waals surface area contributed by atoms with Gasteiger partial charge in [0, 0.05) is 0 Å². The second kappa shape index (κ2) is 6.69. The second-order valence-corrected chi connectivity index (χ2v) is 5.82. The number of aryl methyl sites for hydroxylation is 1. The van der Waals surface area contributed by atoms with Gasteiger partial charge in [0.2, 0.25) is 5.91 Å². The molecule has 120 valence electrons. The molecule has 0 spiro atoms. The molecule has 1 aromatic heterocycles. The topological polar surface area (TPSA) is 71.3 Å². The summed E-state index contributed by atoms with van der Waals surface area (Å²) in [6, 6.07) is 10.8. The Hall–Kier alpha value is -2.56. The largest absolute Gasteiger partial charge is 0.459 e. The van der Waals surface area contributed by atoms with Crippen molar-refractivity contribution < 1.29 is 14.0 Å². The fourth-order valence-electron chi connectivity index (χ4n) is 2.94. The van der Waals surface area contributed by atoms with E-state index in [1.165, 1.54) is 17.4 Å². The molecule has 5 nitrogen and oxygen atoms in total. The van der Waals surface area contributed by atoms with Crippen LogP contribution in [0.4, 0.5) is 0 Å². The van der Waals surface area contributed by atoms with Gasteiger partial charge in [-0.05, 0) is 49.4 Å². The minimum atomic E-state index is -0.623. The molecule has 1 unspecified atom stereocenters. The van der Waals surface area contributed by atoms with Crippen LogP contribution in [0, 0.1) is 0 Å². The molecular weight excluding hydrogens is 292 g/mol. The highest BCUT2D eigenvalue weighted by molar-refractivity contribution is 5.95. The number of carbonyl (C=O) groups excluding carboxylic acids is 2. The van der Waals surface area contributed by atoms with Gasteiger partial charge in [-0.2, -0.15) is 0 Å². The van der Waals surface area contributed by atoms with Gasteiger partial charge < -0.3 is 15.1 Å². The minimum Gasteiger partial charge on any atom is -0.459 e. The molecule has 0 saturated heterocycles. The Balaban J connectivity index is 1.62. The van der Waals surface area contributed by atoms with Gasteiger partial charge in [-0.1, -0.05) is 24.3 Å². The third kappa shape index (κ3) is 3.44. The van der Waals surface area contributed by atoms with Crippen molar-refractivity contribution in [1.82, 2.24) is 10.6 Å². The fourth-order valence-corrected chi connectivity index (χ4v) is 2.94. The number of rotatable bonds is 4. The number of hydrogen-bond acceptors (Lipinski definition) is 3. The van der Waals surface area contributed by atoms with Crippen LogP contribution < -0.4 is 10.6 Å². The van der Waals surface area contributed by atoms with Crippen LogP contribution in [0.3, 0.4) is 0 Å². The number of amides is 2. The summed E-state index contributed by atoms with van der Waals surface area (Å²) in [5, 5.41) is 5.69. The lowest BCUT2D eigenvalue weighted by Crippen LogP contribution is -2.46. The molecule has 3 rings (SSSR count). The van der Waals surface area contributed by atoms with E-state index in [0.29, 0.717) is 0 Å². The first-order valence-corrected chi connectivity index (χ1v) is 7.87. The van der Waals surface area contributed by atoms with Crippen LogP contribution in [0.1, 0.15) is 47.5 Å². The van der Waals surface area contributed by atoms with E-state index in [4.69, 9.17) is 4.42 Å². The molecule has 2 atom stereocenters. The van der Waals surface area contributed by atoms with Crippen LogP contribution in [0.15, 0.2) is 47.1 Å². The van der Waals surface area contributed by atoms with Gasteiger partial charge in [0.25, 0.3) is 5.91 Å². The molecule has 0 saturated carbocycles. The summed E-state index contributed by atoms with van der Waals surface area (Å²) >= 11 is 0. The predicted molar refractivity (Wildman–Crippen MR) is 85.9 cm³/mol. The van der Waals surface area contributed by atoms with Crippen molar-refractivity contribution in [2.45, 2.75) is 38.3 Å². The summed E-state index contributed by atoms with van der Waals surface area (Å²) in [6.45, 7) is 1.67. The summed E-state index contributed by atoms with van der Waals surface area (Å²) in [5.41, 5.74) is 2.47. The SMILES string of the molecule is C[C@H](NC(=O)c1ccco1)C(=O)NC1CCCc2ccccc21. The van der Waals surface area contributed by atoms with Crippen LogP contribution in [-0.4, -0.2) is 17.9 Å². The van der Waals surface area contributed by atoms with Crippen LogP contribution in [0.25, 0.3) is 0 Å². The Bertz CT molecular complexity index is 694. The molecule has 0 radical (unpaired) electrons. The van der Waals surface area contributed by atoms with Crippen molar-refractivity contribution >= 4 is 11.8 Å². The maximum absolute atomic E-state index is 12.4.